The van der Waals surface area contributed by atoms with E-state index in [4.69, 9.17) is 34.4 Å². The minimum absolute atomic E-state index is 0.00466. The van der Waals surface area contributed by atoms with Crippen LogP contribution in [0.5, 0.6) is 5.75 Å². The standard InChI is InChI=1S/C43H74N14O10/c1-22(2)19-24(5)36(62)55-33(23(3)4)39(65)56-34(25(6)58)40(66)52-28(13-9-17-50-42(46)47)37(63)53-29(15-16-32(44)60)41(67)57(7)31(14-10-18-51-43(48)49)38(64)54-30(35(45)61)21-26-11-8-12-27(59)20-26/h8,11-12,20,22-25,28-31,33-34,58-59H,9-10,13-19,21H2,1-7H3,(H2,44,60)(H2,45,61)(H,52,66)(H,53,63)(H,54,64)(H,55,62)(H,56,65)(H4,46,47,50)(H4,48,49,51)/t24-,25+,28-,29-,30-,31-,33-,34-/m0/s1. The quantitative estimate of drug-likeness (QED) is 0.0205. The second-order valence-corrected chi connectivity index (χ2v) is 17.3. The molecule has 0 aromatic heterocycles. The maximum atomic E-state index is 14.4. The molecular formula is C43H74N14O10. The second-order valence-electron chi connectivity index (χ2n) is 17.3. The lowest BCUT2D eigenvalue weighted by atomic mass is 9.96. The molecule has 376 valence electrons. The minimum Gasteiger partial charge on any atom is -0.508 e. The first-order valence-corrected chi connectivity index (χ1v) is 22.2. The Morgan fingerprint density at radius 1 is 0.657 bits per heavy atom. The average Bonchev–Trinajstić information content (AvgIpc) is 3.22. The van der Waals surface area contributed by atoms with Gasteiger partial charge in [0.2, 0.25) is 47.3 Å². The third-order valence-electron chi connectivity index (χ3n) is 10.5. The van der Waals surface area contributed by atoms with Crippen molar-refractivity contribution < 1.29 is 48.6 Å². The number of hydrogen-bond acceptors (Lipinski definition) is 12. The van der Waals surface area contributed by atoms with E-state index in [1.165, 1.54) is 32.2 Å². The third kappa shape index (κ3) is 21.9. The lowest BCUT2D eigenvalue weighted by Gasteiger charge is -2.32. The normalized spacial score (nSPS) is 14.7. The van der Waals surface area contributed by atoms with Crippen LogP contribution in [0.3, 0.4) is 0 Å². The fraction of sp³-hybridized carbons (Fsp3) is 0.628. The van der Waals surface area contributed by atoms with Crippen molar-refractivity contribution in [3.8, 4) is 5.75 Å². The Labute approximate surface area is 391 Å². The molecule has 8 amide bonds. The van der Waals surface area contributed by atoms with Gasteiger partial charge >= 0.3 is 0 Å². The topological polar surface area (TPSA) is 421 Å². The number of nitrogens with two attached hydrogens (primary N) is 6. The Bertz CT molecular complexity index is 1900. The zero-order chi connectivity index (χ0) is 51.1. The number of carbonyl (C=O) groups is 8. The van der Waals surface area contributed by atoms with E-state index in [0.29, 0.717) is 12.0 Å². The van der Waals surface area contributed by atoms with Gasteiger partial charge in [-0.15, -0.1) is 0 Å². The number of primary amides is 2. The number of guanidine groups is 2. The summed E-state index contributed by atoms with van der Waals surface area (Å²) >= 11 is 0. The smallest absolute Gasteiger partial charge is 0.245 e. The largest absolute Gasteiger partial charge is 0.508 e. The van der Waals surface area contributed by atoms with Crippen LogP contribution in [0.25, 0.3) is 0 Å². The number of amides is 8. The molecule has 0 bridgehead atoms. The fourth-order valence-electron chi connectivity index (χ4n) is 6.95. The van der Waals surface area contributed by atoms with E-state index in [1.807, 2.05) is 13.8 Å². The zero-order valence-corrected chi connectivity index (χ0v) is 39.6. The van der Waals surface area contributed by atoms with Crippen molar-refractivity contribution >= 4 is 59.2 Å². The number of hydrogen-bond donors (Lipinski definition) is 13. The molecule has 0 fully saturated rings. The summed E-state index contributed by atoms with van der Waals surface area (Å²) in [6.07, 6.45) is -1.84. The van der Waals surface area contributed by atoms with Crippen molar-refractivity contribution in [1.29, 1.82) is 0 Å². The number of phenols is 1. The van der Waals surface area contributed by atoms with Crippen molar-refractivity contribution in [2.75, 3.05) is 20.1 Å². The van der Waals surface area contributed by atoms with E-state index < -0.39 is 102 Å². The highest BCUT2D eigenvalue weighted by Crippen LogP contribution is 2.16. The summed E-state index contributed by atoms with van der Waals surface area (Å²) in [5.74, 6) is -7.77. The number of nitrogens with one attached hydrogen (secondary N) is 5. The van der Waals surface area contributed by atoms with Gasteiger partial charge in [-0.1, -0.05) is 46.8 Å². The van der Waals surface area contributed by atoms with Crippen LogP contribution in [-0.4, -0.2) is 137 Å². The number of benzene rings is 1. The van der Waals surface area contributed by atoms with Crippen molar-refractivity contribution in [3.63, 3.8) is 0 Å². The highest BCUT2D eigenvalue weighted by Gasteiger charge is 2.37. The van der Waals surface area contributed by atoms with E-state index in [9.17, 15) is 48.6 Å². The summed E-state index contributed by atoms with van der Waals surface area (Å²) in [4.78, 5) is 116. The first kappa shape index (κ1) is 58.3. The van der Waals surface area contributed by atoms with E-state index in [0.717, 1.165) is 4.90 Å². The molecular weight excluding hydrogens is 873 g/mol. The van der Waals surface area contributed by atoms with Gasteiger partial charge in [-0.25, -0.2) is 0 Å². The van der Waals surface area contributed by atoms with E-state index in [1.54, 1.807) is 26.8 Å². The number of likely N-dealkylation sites (N-methyl/N-ethyl adjacent to an activating group) is 1. The number of rotatable bonds is 30. The monoisotopic (exact) mass is 947 g/mol. The number of aliphatic hydroxyl groups excluding tert-OH is 1. The maximum Gasteiger partial charge on any atom is 0.245 e. The lowest BCUT2D eigenvalue weighted by molar-refractivity contribution is -0.143. The van der Waals surface area contributed by atoms with Gasteiger partial charge in [0.25, 0.3) is 0 Å². The van der Waals surface area contributed by atoms with Crippen LogP contribution >= 0.6 is 0 Å². The van der Waals surface area contributed by atoms with Gasteiger partial charge in [0.05, 0.1) is 6.10 Å². The van der Waals surface area contributed by atoms with Crippen LogP contribution in [-0.2, 0) is 44.8 Å². The summed E-state index contributed by atoms with van der Waals surface area (Å²) in [5.41, 5.74) is 33.4. The highest BCUT2D eigenvalue weighted by atomic mass is 16.3. The molecule has 0 aliphatic rings. The third-order valence-corrected chi connectivity index (χ3v) is 10.5. The van der Waals surface area contributed by atoms with Gasteiger partial charge in [-0.2, -0.15) is 0 Å². The molecule has 1 aromatic rings. The first-order valence-electron chi connectivity index (χ1n) is 22.2. The summed E-state index contributed by atoms with van der Waals surface area (Å²) in [5, 5.41) is 33.5. The fourth-order valence-corrected chi connectivity index (χ4v) is 6.95. The van der Waals surface area contributed by atoms with Gasteiger partial charge in [-0.3, -0.25) is 48.3 Å². The Morgan fingerprint density at radius 2 is 1.19 bits per heavy atom. The molecule has 0 aliphatic heterocycles. The summed E-state index contributed by atoms with van der Waals surface area (Å²) in [6, 6.07) is -2.45. The van der Waals surface area contributed by atoms with Gasteiger partial charge < -0.3 is 76.1 Å². The van der Waals surface area contributed by atoms with E-state index in [2.05, 4.69) is 36.6 Å². The predicted molar refractivity (Wildman–Crippen MR) is 251 cm³/mol. The maximum absolute atomic E-state index is 14.4. The Morgan fingerprint density at radius 3 is 1.70 bits per heavy atom. The number of aliphatic imine (C=N–C) groups is 2. The molecule has 0 saturated heterocycles. The molecule has 1 rings (SSSR count). The van der Waals surface area contributed by atoms with Crippen LogP contribution in [0.4, 0.5) is 0 Å². The van der Waals surface area contributed by atoms with Crippen molar-refractivity contribution in [3.05, 3.63) is 29.8 Å². The molecule has 0 aliphatic carbocycles. The molecule has 24 heteroatoms. The molecule has 0 saturated carbocycles. The Hall–Kier alpha value is -6.72. The van der Waals surface area contributed by atoms with Crippen LogP contribution in [0.1, 0.15) is 92.1 Å². The molecule has 67 heavy (non-hydrogen) atoms. The highest BCUT2D eigenvalue weighted by molar-refractivity contribution is 5.97. The number of aliphatic hydroxyl groups is 1. The van der Waals surface area contributed by atoms with E-state index >= 15 is 0 Å². The van der Waals surface area contributed by atoms with Crippen molar-refractivity contribution in [2.45, 2.75) is 135 Å². The number of nitrogens with zero attached hydrogens (tertiary/aromatic N) is 3. The molecule has 0 heterocycles. The molecule has 1 aromatic carbocycles. The van der Waals surface area contributed by atoms with Gasteiger partial charge in [0.15, 0.2) is 11.9 Å². The number of carbonyl (C=O) groups excluding carboxylic acids is 8. The number of aromatic hydroxyl groups is 1. The predicted octanol–water partition coefficient (Wildman–Crippen LogP) is -3.24. The molecule has 8 atom stereocenters. The van der Waals surface area contributed by atoms with Gasteiger partial charge in [0, 0.05) is 38.9 Å². The SMILES string of the molecule is CC(C)C[C@H](C)C(=O)N[C@H](C(=O)N[C@H](C(=O)N[C@@H](CCCN=C(N)N)C(=O)N[C@@H](CCC(N)=O)C(=O)N(C)[C@@H](CCCN=C(N)N)C(=O)N[C@@H](Cc1cccc(O)c1)C(N)=O)[C@@H](C)O)C(C)C. The summed E-state index contributed by atoms with van der Waals surface area (Å²) in [7, 11) is 1.26. The van der Waals surface area contributed by atoms with Crippen LogP contribution < -0.4 is 61.0 Å². The molecule has 24 nitrogen and oxygen atoms in total. The molecule has 0 spiro atoms. The zero-order valence-electron chi connectivity index (χ0n) is 39.6. The minimum atomic E-state index is -1.64. The van der Waals surface area contributed by atoms with Gasteiger partial charge in [0.1, 0.15) is 42.0 Å². The van der Waals surface area contributed by atoms with Crippen molar-refractivity contribution in [1.82, 2.24) is 31.5 Å². The lowest BCUT2D eigenvalue weighted by Crippen LogP contribution is -2.62. The van der Waals surface area contributed by atoms with E-state index in [-0.39, 0.29) is 81.1 Å². The average molecular weight is 947 g/mol. The molecule has 0 unspecified atom stereocenters. The first-order chi connectivity index (χ1) is 31.2. The Kier molecular flexibility index (Phi) is 25.3. The van der Waals surface area contributed by atoms with Gasteiger partial charge in [-0.05, 0) is 75.0 Å². The van der Waals surface area contributed by atoms with Crippen molar-refractivity contribution in [2.24, 2.45) is 62.1 Å². The Balaban J connectivity index is 3.57. The molecule has 0 radical (unpaired) electrons. The molecule has 19 N–H and O–H groups in total. The number of phenolic OH excluding ortho intramolecular Hbond substituents is 1. The summed E-state index contributed by atoms with van der Waals surface area (Å²) < 4.78 is 0. The second kappa shape index (κ2) is 29.0. The van der Waals surface area contributed by atoms with Crippen LogP contribution in [0.2, 0.25) is 0 Å². The van der Waals surface area contributed by atoms with Crippen LogP contribution in [0, 0.1) is 17.8 Å². The summed E-state index contributed by atoms with van der Waals surface area (Å²) in [6.45, 7) is 10.3. The van der Waals surface area contributed by atoms with Crippen LogP contribution in [0.15, 0.2) is 34.3 Å².